The van der Waals surface area contributed by atoms with Crippen LogP contribution in [0.2, 0.25) is 0 Å². The monoisotopic (exact) mass is 312 g/mol. The number of rotatable bonds is 6. The normalized spacial score (nSPS) is 13.2. The number of hydrogen-bond acceptors (Lipinski definition) is 3. The van der Waals surface area contributed by atoms with Crippen molar-refractivity contribution in [2.45, 2.75) is 51.5 Å². The maximum Gasteiger partial charge on any atom is 0.251 e. The zero-order valence-electron chi connectivity index (χ0n) is 13.0. The number of nitrogens with one attached hydrogen (secondary N) is 1. The molecule has 5 nitrogen and oxygen atoms in total. The molecule has 1 aromatic rings. The van der Waals surface area contributed by atoms with Crippen molar-refractivity contribution in [3.05, 3.63) is 29.3 Å². The lowest BCUT2D eigenvalue weighted by Gasteiger charge is -2.16. The second-order valence-electron chi connectivity index (χ2n) is 5.87. The number of aryl methyl sites for hydroxylation is 1. The summed E-state index contributed by atoms with van der Waals surface area (Å²) in [5.74, 6) is 0.407. The predicted molar refractivity (Wildman–Crippen MR) is 83.6 cm³/mol. The van der Waals surface area contributed by atoms with Gasteiger partial charge in [-0.3, -0.25) is 4.79 Å². The van der Waals surface area contributed by atoms with E-state index in [-0.39, 0.29) is 16.8 Å². The number of primary sulfonamides is 1. The average Bonchev–Trinajstić information content (AvgIpc) is 2.34. The van der Waals surface area contributed by atoms with Crippen molar-refractivity contribution in [3.8, 4) is 0 Å². The molecule has 0 spiro atoms. The molecule has 0 heterocycles. The van der Waals surface area contributed by atoms with Gasteiger partial charge in [0.25, 0.3) is 5.91 Å². The predicted octanol–water partition coefficient (Wildman–Crippen LogP) is 2.20. The molecular formula is C15H24N2O3S. The Hall–Kier alpha value is -1.40. The van der Waals surface area contributed by atoms with E-state index in [4.69, 9.17) is 5.14 Å². The van der Waals surface area contributed by atoms with E-state index in [1.807, 2.05) is 6.92 Å². The van der Waals surface area contributed by atoms with E-state index in [0.717, 1.165) is 12.8 Å². The molecule has 0 aliphatic rings. The lowest BCUT2D eigenvalue weighted by Crippen LogP contribution is -2.33. The fourth-order valence-corrected chi connectivity index (χ4v) is 2.62. The van der Waals surface area contributed by atoms with Crippen molar-refractivity contribution >= 4 is 15.9 Å². The first-order valence-corrected chi connectivity index (χ1v) is 8.60. The zero-order valence-corrected chi connectivity index (χ0v) is 13.8. The van der Waals surface area contributed by atoms with Crippen molar-refractivity contribution in [1.82, 2.24) is 5.32 Å². The molecule has 3 N–H and O–H groups in total. The minimum Gasteiger partial charge on any atom is -0.350 e. The standard InChI is InChI=1S/C15H24N2O3S/c1-10(2)5-6-12(4)17-15(18)14-8-7-13(9-11(14)3)21(16,19)20/h7-10,12H,5-6H2,1-4H3,(H,17,18)(H2,16,19,20). The fourth-order valence-electron chi connectivity index (χ4n) is 2.02. The second kappa shape index (κ2) is 7.04. The Morgan fingerprint density at radius 1 is 1.24 bits per heavy atom. The van der Waals surface area contributed by atoms with Gasteiger partial charge in [0.2, 0.25) is 10.0 Å². The highest BCUT2D eigenvalue weighted by molar-refractivity contribution is 7.89. The molecule has 0 aromatic heterocycles. The van der Waals surface area contributed by atoms with Crippen molar-refractivity contribution in [2.75, 3.05) is 0 Å². The van der Waals surface area contributed by atoms with Crippen LogP contribution in [-0.4, -0.2) is 20.4 Å². The maximum absolute atomic E-state index is 12.2. The molecule has 0 aliphatic carbocycles. The SMILES string of the molecule is Cc1cc(S(N)(=O)=O)ccc1C(=O)NC(C)CCC(C)C. The maximum atomic E-state index is 12.2. The Balaban J connectivity index is 2.80. The largest absolute Gasteiger partial charge is 0.350 e. The van der Waals surface area contributed by atoms with Crippen molar-refractivity contribution < 1.29 is 13.2 Å². The Bertz CT molecular complexity index is 609. The summed E-state index contributed by atoms with van der Waals surface area (Å²) >= 11 is 0. The number of hydrogen-bond donors (Lipinski definition) is 2. The van der Waals surface area contributed by atoms with Gasteiger partial charge in [0.1, 0.15) is 0 Å². The quantitative estimate of drug-likeness (QED) is 0.844. The van der Waals surface area contributed by atoms with Gasteiger partial charge in [-0.25, -0.2) is 13.6 Å². The first-order valence-electron chi connectivity index (χ1n) is 7.05. The first kappa shape index (κ1) is 17.7. The Morgan fingerprint density at radius 2 is 1.86 bits per heavy atom. The summed E-state index contributed by atoms with van der Waals surface area (Å²) in [7, 11) is -3.74. The van der Waals surface area contributed by atoms with Crippen LogP contribution in [0.1, 0.15) is 49.5 Å². The molecule has 21 heavy (non-hydrogen) atoms. The molecule has 118 valence electrons. The first-order chi connectivity index (χ1) is 9.61. The Labute approximate surface area is 127 Å². The van der Waals surface area contributed by atoms with Crippen LogP contribution in [0.5, 0.6) is 0 Å². The van der Waals surface area contributed by atoms with E-state index < -0.39 is 10.0 Å². The van der Waals surface area contributed by atoms with Crippen LogP contribution in [0.4, 0.5) is 0 Å². The van der Waals surface area contributed by atoms with E-state index in [2.05, 4.69) is 19.2 Å². The summed E-state index contributed by atoms with van der Waals surface area (Å²) < 4.78 is 22.5. The van der Waals surface area contributed by atoms with Crippen LogP contribution in [-0.2, 0) is 10.0 Å². The average molecular weight is 312 g/mol. The van der Waals surface area contributed by atoms with Gasteiger partial charge in [-0.05, 0) is 56.4 Å². The molecule has 1 atom stereocenters. The van der Waals surface area contributed by atoms with Crippen LogP contribution in [0.25, 0.3) is 0 Å². The van der Waals surface area contributed by atoms with E-state index in [1.165, 1.54) is 18.2 Å². The van der Waals surface area contributed by atoms with Crippen LogP contribution in [0.3, 0.4) is 0 Å². The fraction of sp³-hybridized carbons (Fsp3) is 0.533. The number of carbonyl (C=O) groups is 1. The third kappa shape index (κ3) is 5.47. The van der Waals surface area contributed by atoms with Crippen LogP contribution < -0.4 is 10.5 Å². The summed E-state index contributed by atoms with van der Waals surface area (Å²) in [6, 6.07) is 4.36. The molecule has 0 aliphatic heterocycles. The highest BCUT2D eigenvalue weighted by atomic mass is 32.2. The van der Waals surface area contributed by atoms with Gasteiger partial charge in [0.15, 0.2) is 0 Å². The second-order valence-corrected chi connectivity index (χ2v) is 7.43. The van der Waals surface area contributed by atoms with E-state index in [0.29, 0.717) is 17.0 Å². The Kier molecular flexibility index (Phi) is 5.92. The highest BCUT2D eigenvalue weighted by Gasteiger charge is 2.15. The molecule has 1 aromatic carbocycles. The van der Waals surface area contributed by atoms with Crippen LogP contribution >= 0.6 is 0 Å². The highest BCUT2D eigenvalue weighted by Crippen LogP contribution is 2.15. The third-order valence-corrected chi connectivity index (χ3v) is 4.24. The molecule has 0 saturated heterocycles. The summed E-state index contributed by atoms with van der Waals surface area (Å²) in [4.78, 5) is 12.2. The van der Waals surface area contributed by atoms with Gasteiger partial charge in [-0.2, -0.15) is 0 Å². The lowest BCUT2D eigenvalue weighted by molar-refractivity contribution is 0.0936. The van der Waals surface area contributed by atoms with Crippen molar-refractivity contribution in [3.63, 3.8) is 0 Å². The molecule has 6 heteroatoms. The molecule has 1 amide bonds. The number of benzene rings is 1. The molecule has 0 saturated carbocycles. The third-order valence-electron chi connectivity index (χ3n) is 3.33. The number of sulfonamides is 1. The van der Waals surface area contributed by atoms with Gasteiger partial charge >= 0.3 is 0 Å². The molecular weight excluding hydrogens is 288 g/mol. The van der Waals surface area contributed by atoms with E-state index in [9.17, 15) is 13.2 Å². The van der Waals surface area contributed by atoms with E-state index in [1.54, 1.807) is 6.92 Å². The molecule has 0 fully saturated rings. The summed E-state index contributed by atoms with van der Waals surface area (Å²) in [6.45, 7) is 7.95. The summed E-state index contributed by atoms with van der Waals surface area (Å²) in [5.41, 5.74) is 1.06. The Morgan fingerprint density at radius 3 is 2.33 bits per heavy atom. The van der Waals surface area contributed by atoms with Gasteiger partial charge < -0.3 is 5.32 Å². The van der Waals surface area contributed by atoms with Gasteiger partial charge in [0, 0.05) is 11.6 Å². The lowest BCUT2D eigenvalue weighted by atomic mass is 10.0. The van der Waals surface area contributed by atoms with Gasteiger partial charge in [-0.1, -0.05) is 13.8 Å². The zero-order chi connectivity index (χ0) is 16.2. The number of amides is 1. The minimum atomic E-state index is -3.74. The minimum absolute atomic E-state index is 0.0180. The van der Waals surface area contributed by atoms with Crippen LogP contribution in [0, 0.1) is 12.8 Å². The van der Waals surface area contributed by atoms with Crippen LogP contribution in [0.15, 0.2) is 23.1 Å². The molecule has 0 radical (unpaired) electrons. The van der Waals surface area contributed by atoms with Crippen molar-refractivity contribution in [1.29, 1.82) is 0 Å². The molecule has 0 bridgehead atoms. The van der Waals surface area contributed by atoms with Gasteiger partial charge in [0.05, 0.1) is 4.90 Å². The topological polar surface area (TPSA) is 89.3 Å². The molecule has 1 rings (SSSR count). The van der Waals surface area contributed by atoms with Gasteiger partial charge in [-0.15, -0.1) is 0 Å². The van der Waals surface area contributed by atoms with Crippen molar-refractivity contribution in [2.24, 2.45) is 11.1 Å². The smallest absolute Gasteiger partial charge is 0.251 e. The number of carbonyl (C=O) groups excluding carboxylic acids is 1. The molecule has 1 unspecified atom stereocenters. The van der Waals surface area contributed by atoms with E-state index >= 15 is 0 Å². The summed E-state index contributed by atoms with van der Waals surface area (Å²) in [5, 5.41) is 8.00. The number of nitrogens with two attached hydrogens (primary N) is 1. The summed E-state index contributed by atoms with van der Waals surface area (Å²) in [6.07, 6.45) is 1.96.